The maximum absolute atomic E-state index is 13.3. The SMILES string of the molecule is CS(=O)Nc1ccc(CC(=O)N2CCN(c3nc4ncc(F)cc4o3)CC2)cc1. The van der Waals surface area contributed by atoms with Crippen LogP contribution in [0.3, 0.4) is 0 Å². The molecule has 8 nitrogen and oxygen atoms in total. The Bertz CT molecular complexity index is 1050. The first kappa shape index (κ1) is 19.3. The van der Waals surface area contributed by atoms with Crippen molar-refractivity contribution in [3.05, 3.63) is 47.9 Å². The van der Waals surface area contributed by atoms with Crippen molar-refractivity contribution in [2.75, 3.05) is 42.1 Å². The Morgan fingerprint density at radius 2 is 1.97 bits per heavy atom. The molecule has 1 aliphatic heterocycles. The van der Waals surface area contributed by atoms with Crippen molar-refractivity contribution in [2.24, 2.45) is 0 Å². The van der Waals surface area contributed by atoms with Gasteiger partial charge in [0.15, 0.2) is 5.58 Å². The van der Waals surface area contributed by atoms with Crippen LogP contribution in [0.25, 0.3) is 11.2 Å². The summed E-state index contributed by atoms with van der Waals surface area (Å²) < 4.78 is 32.9. The summed E-state index contributed by atoms with van der Waals surface area (Å²) in [6.45, 7) is 2.25. The quantitative estimate of drug-likeness (QED) is 0.682. The molecule has 2 aromatic heterocycles. The van der Waals surface area contributed by atoms with Gasteiger partial charge >= 0.3 is 0 Å². The number of carbonyl (C=O) groups excluding carboxylic acids is 1. The third-order valence-corrected chi connectivity index (χ3v) is 5.20. The summed E-state index contributed by atoms with van der Waals surface area (Å²) in [6, 6.07) is 8.98. The van der Waals surface area contributed by atoms with E-state index in [9.17, 15) is 13.4 Å². The van der Waals surface area contributed by atoms with E-state index in [-0.39, 0.29) is 5.91 Å². The van der Waals surface area contributed by atoms with Crippen molar-refractivity contribution in [1.82, 2.24) is 14.9 Å². The maximum atomic E-state index is 13.3. The van der Waals surface area contributed by atoms with Crippen molar-refractivity contribution >= 4 is 39.8 Å². The zero-order chi connectivity index (χ0) is 20.4. The first-order valence-corrected chi connectivity index (χ1v) is 10.7. The van der Waals surface area contributed by atoms with Crippen molar-refractivity contribution in [1.29, 1.82) is 0 Å². The minimum atomic E-state index is -1.13. The number of pyridine rings is 1. The summed E-state index contributed by atoms with van der Waals surface area (Å²) in [5, 5.41) is 0. The molecule has 1 aliphatic rings. The van der Waals surface area contributed by atoms with Gasteiger partial charge in [-0.1, -0.05) is 12.1 Å². The number of carbonyl (C=O) groups is 1. The highest BCUT2D eigenvalue weighted by Crippen LogP contribution is 2.22. The van der Waals surface area contributed by atoms with Crippen molar-refractivity contribution in [3.63, 3.8) is 0 Å². The fraction of sp³-hybridized carbons (Fsp3) is 0.316. The highest BCUT2D eigenvalue weighted by Gasteiger charge is 2.24. The molecule has 1 atom stereocenters. The summed E-state index contributed by atoms with van der Waals surface area (Å²) in [7, 11) is -1.13. The smallest absolute Gasteiger partial charge is 0.300 e. The minimum absolute atomic E-state index is 0.0470. The van der Waals surface area contributed by atoms with Crippen LogP contribution in [-0.2, 0) is 22.2 Å². The molecule has 0 spiro atoms. The van der Waals surface area contributed by atoms with Crippen molar-refractivity contribution in [3.8, 4) is 0 Å². The summed E-state index contributed by atoms with van der Waals surface area (Å²) in [6.07, 6.45) is 2.98. The summed E-state index contributed by atoms with van der Waals surface area (Å²) >= 11 is 0. The highest BCUT2D eigenvalue weighted by molar-refractivity contribution is 7.85. The van der Waals surface area contributed by atoms with E-state index in [1.54, 1.807) is 6.26 Å². The van der Waals surface area contributed by atoms with Crippen LogP contribution >= 0.6 is 0 Å². The number of nitrogens with zero attached hydrogens (tertiary/aromatic N) is 4. The predicted molar refractivity (Wildman–Crippen MR) is 108 cm³/mol. The maximum Gasteiger partial charge on any atom is 0.300 e. The van der Waals surface area contributed by atoms with Crippen LogP contribution in [0.2, 0.25) is 0 Å². The van der Waals surface area contributed by atoms with Crippen LogP contribution in [0.5, 0.6) is 0 Å². The van der Waals surface area contributed by atoms with Gasteiger partial charge in [0.05, 0.1) is 12.6 Å². The van der Waals surface area contributed by atoms with Gasteiger partial charge in [0.2, 0.25) is 11.6 Å². The summed E-state index contributed by atoms with van der Waals surface area (Å²) in [5.74, 6) is -0.423. The molecule has 1 aromatic carbocycles. The number of amides is 1. The van der Waals surface area contributed by atoms with Crippen LogP contribution in [0, 0.1) is 5.82 Å². The topological polar surface area (TPSA) is 91.6 Å². The lowest BCUT2D eigenvalue weighted by molar-refractivity contribution is -0.130. The number of hydrogen-bond donors (Lipinski definition) is 1. The zero-order valence-electron chi connectivity index (χ0n) is 15.8. The molecule has 0 bridgehead atoms. The molecule has 3 heterocycles. The van der Waals surface area contributed by atoms with Gasteiger partial charge in [0.1, 0.15) is 16.8 Å². The highest BCUT2D eigenvalue weighted by atomic mass is 32.2. The molecule has 1 unspecified atom stereocenters. The lowest BCUT2D eigenvalue weighted by atomic mass is 10.1. The van der Waals surface area contributed by atoms with E-state index < -0.39 is 16.8 Å². The Morgan fingerprint density at radius 3 is 2.66 bits per heavy atom. The molecule has 152 valence electrons. The third kappa shape index (κ3) is 4.53. The van der Waals surface area contributed by atoms with Crippen LogP contribution < -0.4 is 9.62 Å². The Labute approximate surface area is 169 Å². The lowest BCUT2D eigenvalue weighted by Crippen LogP contribution is -2.49. The van der Waals surface area contributed by atoms with Crippen LogP contribution in [-0.4, -0.2) is 57.4 Å². The van der Waals surface area contributed by atoms with Crippen molar-refractivity contribution < 1.29 is 17.8 Å². The number of piperazine rings is 1. The number of benzene rings is 1. The molecule has 0 aliphatic carbocycles. The monoisotopic (exact) mass is 417 g/mol. The molecular weight excluding hydrogens is 397 g/mol. The number of hydrogen-bond acceptors (Lipinski definition) is 6. The van der Waals surface area contributed by atoms with E-state index in [1.807, 2.05) is 34.1 Å². The molecule has 3 aromatic rings. The average molecular weight is 417 g/mol. The Kier molecular flexibility index (Phi) is 5.43. The first-order chi connectivity index (χ1) is 14.0. The van der Waals surface area contributed by atoms with E-state index in [4.69, 9.17) is 4.42 Å². The second kappa shape index (κ2) is 8.16. The molecule has 0 radical (unpaired) electrons. The van der Waals surface area contributed by atoms with Crippen LogP contribution in [0.15, 0.2) is 40.9 Å². The molecule has 1 saturated heterocycles. The third-order valence-electron chi connectivity index (χ3n) is 4.68. The standard InChI is InChI=1S/C19H20FN5O3S/c1-29(27)23-15-4-2-13(3-5-15)10-17(26)24-6-8-25(9-7-24)19-22-18-16(28-19)11-14(20)12-21-18/h2-5,11-12,23H,6-10H2,1H3. The van der Waals surface area contributed by atoms with Gasteiger partial charge in [-0.2, -0.15) is 4.98 Å². The van der Waals surface area contributed by atoms with E-state index in [0.717, 1.165) is 17.4 Å². The van der Waals surface area contributed by atoms with Gasteiger partial charge in [-0.05, 0) is 17.7 Å². The lowest BCUT2D eigenvalue weighted by Gasteiger charge is -2.33. The van der Waals surface area contributed by atoms with E-state index in [2.05, 4.69) is 14.7 Å². The normalized spacial score (nSPS) is 15.5. The van der Waals surface area contributed by atoms with Gasteiger partial charge in [-0.15, -0.1) is 0 Å². The van der Waals surface area contributed by atoms with Crippen LogP contribution in [0.4, 0.5) is 16.1 Å². The Hall–Kier alpha value is -3.01. The number of rotatable bonds is 5. The fourth-order valence-electron chi connectivity index (χ4n) is 3.21. The fourth-order valence-corrected chi connectivity index (χ4v) is 3.68. The molecule has 1 amide bonds. The Morgan fingerprint density at radius 1 is 1.24 bits per heavy atom. The predicted octanol–water partition coefficient (Wildman–Crippen LogP) is 1.96. The molecule has 0 saturated carbocycles. The van der Waals surface area contributed by atoms with Crippen LogP contribution in [0.1, 0.15) is 5.56 Å². The van der Waals surface area contributed by atoms with Crippen molar-refractivity contribution in [2.45, 2.75) is 6.42 Å². The number of anilines is 2. The first-order valence-electron chi connectivity index (χ1n) is 9.12. The number of fused-ring (bicyclic) bond motifs is 1. The molecular formula is C19H20FN5O3S. The zero-order valence-corrected chi connectivity index (χ0v) is 16.6. The van der Waals surface area contributed by atoms with E-state index in [0.29, 0.717) is 49.8 Å². The molecule has 4 rings (SSSR count). The second-order valence-electron chi connectivity index (χ2n) is 6.77. The number of halogens is 1. The van der Waals surface area contributed by atoms with Gasteiger partial charge in [-0.25, -0.2) is 13.6 Å². The van der Waals surface area contributed by atoms with Gasteiger partial charge < -0.3 is 18.9 Å². The molecule has 10 heteroatoms. The number of aromatic nitrogens is 2. The largest absolute Gasteiger partial charge is 0.422 e. The minimum Gasteiger partial charge on any atom is -0.422 e. The van der Waals surface area contributed by atoms with Gasteiger partial charge in [0, 0.05) is 44.2 Å². The second-order valence-corrected chi connectivity index (χ2v) is 7.88. The number of nitrogens with one attached hydrogen (secondary N) is 1. The summed E-state index contributed by atoms with van der Waals surface area (Å²) in [5.41, 5.74) is 2.33. The Balaban J connectivity index is 1.33. The summed E-state index contributed by atoms with van der Waals surface area (Å²) in [4.78, 5) is 24.5. The van der Waals surface area contributed by atoms with Gasteiger partial charge in [0.25, 0.3) is 6.01 Å². The van der Waals surface area contributed by atoms with Gasteiger partial charge in [-0.3, -0.25) is 4.79 Å². The van der Waals surface area contributed by atoms with E-state index in [1.165, 1.54) is 6.07 Å². The molecule has 29 heavy (non-hydrogen) atoms. The number of oxazole rings is 1. The molecule has 1 N–H and O–H groups in total. The van der Waals surface area contributed by atoms with E-state index >= 15 is 0 Å². The molecule has 1 fully saturated rings. The average Bonchev–Trinajstić information content (AvgIpc) is 3.12.